The largest absolute Gasteiger partial charge is 0.494 e. The highest BCUT2D eigenvalue weighted by molar-refractivity contribution is 6.39. The monoisotopic (exact) mass is 447 g/mol. The fourth-order valence-electron chi connectivity index (χ4n) is 3.65. The molecule has 0 saturated carbocycles. The zero-order valence-corrected chi connectivity index (χ0v) is 18.0. The number of methoxy groups -OCH3 is 1. The number of anilines is 1. The Balaban J connectivity index is 1.76. The van der Waals surface area contributed by atoms with Crippen molar-refractivity contribution in [1.29, 1.82) is 0 Å². The summed E-state index contributed by atoms with van der Waals surface area (Å²) in [6.07, 6.45) is 3.07. The highest BCUT2D eigenvalue weighted by atomic mass is 16.5. The van der Waals surface area contributed by atoms with Gasteiger partial charge >= 0.3 is 12.0 Å². The number of benzene rings is 2. The highest BCUT2D eigenvalue weighted by Crippen LogP contribution is 2.28. The Hall–Kier alpha value is -4.40. The van der Waals surface area contributed by atoms with Crippen LogP contribution in [0.25, 0.3) is 17.0 Å². The SMILES string of the molecule is CCOc1cccc(N2C(=O)NC(=O)/C(=C\c3cn(CC(=O)OC)c4ccccc34)C2=O)c1. The molecule has 1 saturated heterocycles. The molecular weight excluding hydrogens is 426 g/mol. The van der Waals surface area contributed by atoms with Crippen LogP contribution in [0.5, 0.6) is 5.75 Å². The first kappa shape index (κ1) is 21.8. The Kier molecular flexibility index (Phi) is 5.95. The van der Waals surface area contributed by atoms with Gasteiger partial charge in [0.15, 0.2) is 0 Å². The third-order valence-corrected chi connectivity index (χ3v) is 5.13. The van der Waals surface area contributed by atoms with Crippen LogP contribution in [0.4, 0.5) is 10.5 Å². The second kappa shape index (κ2) is 8.99. The quantitative estimate of drug-likeness (QED) is 0.354. The number of aromatic nitrogens is 1. The summed E-state index contributed by atoms with van der Waals surface area (Å²) < 4.78 is 11.9. The average molecular weight is 447 g/mol. The number of esters is 1. The zero-order valence-electron chi connectivity index (χ0n) is 18.0. The maximum absolute atomic E-state index is 13.2. The van der Waals surface area contributed by atoms with E-state index in [1.54, 1.807) is 35.0 Å². The van der Waals surface area contributed by atoms with Crippen molar-refractivity contribution < 1.29 is 28.7 Å². The summed E-state index contributed by atoms with van der Waals surface area (Å²) in [7, 11) is 1.30. The van der Waals surface area contributed by atoms with E-state index in [9.17, 15) is 19.2 Å². The first-order valence-electron chi connectivity index (χ1n) is 10.2. The lowest BCUT2D eigenvalue weighted by molar-refractivity contribution is -0.141. The summed E-state index contributed by atoms with van der Waals surface area (Å²) in [6, 6.07) is 12.9. The van der Waals surface area contributed by atoms with Crippen molar-refractivity contribution in [3.8, 4) is 5.75 Å². The number of barbiturate groups is 1. The molecule has 4 amide bonds. The van der Waals surface area contributed by atoms with E-state index in [-0.39, 0.29) is 17.8 Å². The van der Waals surface area contributed by atoms with Crippen molar-refractivity contribution >= 4 is 46.5 Å². The van der Waals surface area contributed by atoms with Crippen LogP contribution in [0.15, 0.2) is 60.3 Å². The summed E-state index contributed by atoms with van der Waals surface area (Å²) in [4.78, 5) is 51.0. The second-order valence-electron chi connectivity index (χ2n) is 7.19. The fourth-order valence-corrected chi connectivity index (χ4v) is 3.65. The van der Waals surface area contributed by atoms with Crippen LogP contribution in [0.3, 0.4) is 0 Å². The van der Waals surface area contributed by atoms with Gasteiger partial charge in [0.2, 0.25) is 0 Å². The molecule has 33 heavy (non-hydrogen) atoms. The number of carbonyl (C=O) groups is 4. The van der Waals surface area contributed by atoms with E-state index < -0.39 is 23.8 Å². The number of fused-ring (bicyclic) bond motifs is 1. The van der Waals surface area contributed by atoms with Crippen LogP contribution >= 0.6 is 0 Å². The number of hydrogen-bond acceptors (Lipinski definition) is 6. The van der Waals surface area contributed by atoms with E-state index in [1.165, 1.54) is 13.2 Å². The van der Waals surface area contributed by atoms with Gasteiger partial charge in [-0.3, -0.25) is 19.7 Å². The molecule has 0 aliphatic carbocycles. The predicted octanol–water partition coefficient (Wildman–Crippen LogP) is 2.88. The van der Waals surface area contributed by atoms with Crippen LogP contribution in [0.1, 0.15) is 12.5 Å². The first-order valence-corrected chi connectivity index (χ1v) is 10.2. The molecule has 2 heterocycles. The number of urea groups is 1. The molecule has 4 rings (SSSR count). The number of nitrogens with zero attached hydrogens (tertiary/aromatic N) is 2. The lowest BCUT2D eigenvalue weighted by Gasteiger charge is -2.26. The van der Waals surface area contributed by atoms with Crippen LogP contribution in [0, 0.1) is 0 Å². The fraction of sp³-hybridized carbons (Fsp3) is 0.167. The van der Waals surface area contributed by atoms with Gasteiger partial charge in [0.25, 0.3) is 11.8 Å². The number of carbonyl (C=O) groups excluding carboxylic acids is 4. The smallest absolute Gasteiger partial charge is 0.335 e. The topological polar surface area (TPSA) is 107 Å². The maximum atomic E-state index is 13.2. The van der Waals surface area contributed by atoms with Gasteiger partial charge in [0.1, 0.15) is 17.9 Å². The molecule has 1 aromatic heterocycles. The molecule has 1 aliphatic rings. The average Bonchev–Trinajstić information content (AvgIpc) is 3.14. The summed E-state index contributed by atoms with van der Waals surface area (Å²) in [5, 5.41) is 2.95. The van der Waals surface area contributed by atoms with Gasteiger partial charge in [-0.1, -0.05) is 24.3 Å². The van der Waals surface area contributed by atoms with E-state index in [0.717, 1.165) is 15.8 Å². The van der Waals surface area contributed by atoms with Gasteiger partial charge in [-0.2, -0.15) is 0 Å². The van der Waals surface area contributed by atoms with Crippen molar-refractivity contribution in [2.24, 2.45) is 0 Å². The van der Waals surface area contributed by atoms with Crippen molar-refractivity contribution in [2.75, 3.05) is 18.6 Å². The van der Waals surface area contributed by atoms with E-state index >= 15 is 0 Å². The van der Waals surface area contributed by atoms with Crippen LogP contribution in [-0.2, 0) is 25.7 Å². The molecule has 9 heteroatoms. The third-order valence-electron chi connectivity index (χ3n) is 5.13. The van der Waals surface area contributed by atoms with Gasteiger partial charge in [-0.25, -0.2) is 9.69 Å². The number of imide groups is 2. The van der Waals surface area contributed by atoms with Gasteiger partial charge < -0.3 is 14.0 Å². The number of para-hydroxylation sites is 1. The lowest BCUT2D eigenvalue weighted by Crippen LogP contribution is -2.54. The van der Waals surface area contributed by atoms with Crippen LogP contribution in [0.2, 0.25) is 0 Å². The van der Waals surface area contributed by atoms with Gasteiger partial charge in [-0.05, 0) is 31.2 Å². The Bertz CT molecular complexity index is 1310. The van der Waals surface area contributed by atoms with E-state index in [2.05, 4.69) is 5.32 Å². The molecule has 1 aliphatic heterocycles. The van der Waals surface area contributed by atoms with Crippen molar-refractivity contribution in [2.45, 2.75) is 13.5 Å². The van der Waals surface area contributed by atoms with E-state index in [1.807, 2.05) is 31.2 Å². The third kappa shape index (κ3) is 4.20. The molecule has 1 N–H and O–H groups in total. The van der Waals surface area contributed by atoms with E-state index in [0.29, 0.717) is 17.9 Å². The summed E-state index contributed by atoms with van der Waals surface area (Å²) in [5.74, 6) is -1.51. The molecule has 0 bridgehead atoms. The minimum Gasteiger partial charge on any atom is -0.494 e. The Morgan fingerprint density at radius 1 is 1.09 bits per heavy atom. The Labute approximate surface area is 189 Å². The standard InChI is InChI=1S/C24H21N3O6/c1-3-33-17-8-6-7-16(12-17)27-23(30)19(22(29)25-24(27)31)11-15-13-26(14-21(28)32-2)20-10-5-4-9-18(15)20/h4-13H,3,14H2,1-2H3,(H,25,29,31)/b19-11+. The first-order chi connectivity index (χ1) is 15.9. The summed E-state index contributed by atoms with van der Waals surface area (Å²) in [5.41, 5.74) is 1.34. The number of hydrogen-bond donors (Lipinski definition) is 1. The minimum absolute atomic E-state index is 0.0326. The number of rotatable bonds is 6. The summed E-state index contributed by atoms with van der Waals surface area (Å²) >= 11 is 0. The second-order valence-corrected chi connectivity index (χ2v) is 7.19. The molecule has 3 aromatic rings. The molecule has 0 radical (unpaired) electrons. The number of ether oxygens (including phenoxy) is 2. The number of amides is 4. The normalized spacial score (nSPS) is 15.2. The molecule has 0 unspecified atom stereocenters. The number of nitrogens with one attached hydrogen (secondary N) is 1. The molecule has 2 aromatic carbocycles. The molecule has 0 spiro atoms. The van der Waals surface area contributed by atoms with Gasteiger partial charge in [0.05, 0.1) is 19.4 Å². The molecule has 9 nitrogen and oxygen atoms in total. The zero-order chi connectivity index (χ0) is 23.5. The van der Waals surface area contributed by atoms with E-state index in [4.69, 9.17) is 9.47 Å². The molecule has 168 valence electrons. The van der Waals surface area contributed by atoms with Crippen molar-refractivity contribution in [3.63, 3.8) is 0 Å². The van der Waals surface area contributed by atoms with Crippen LogP contribution in [-0.4, -0.2) is 42.1 Å². The van der Waals surface area contributed by atoms with Crippen LogP contribution < -0.4 is 15.0 Å². The highest BCUT2D eigenvalue weighted by Gasteiger charge is 2.37. The van der Waals surface area contributed by atoms with Gasteiger partial charge in [-0.15, -0.1) is 0 Å². The predicted molar refractivity (Wildman–Crippen MR) is 121 cm³/mol. The lowest BCUT2D eigenvalue weighted by atomic mass is 10.1. The molecular formula is C24H21N3O6. The summed E-state index contributed by atoms with van der Waals surface area (Å²) in [6.45, 7) is 2.21. The Morgan fingerprint density at radius 3 is 2.64 bits per heavy atom. The Morgan fingerprint density at radius 2 is 1.88 bits per heavy atom. The minimum atomic E-state index is -0.844. The molecule has 1 fully saturated rings. The van der Waals surface area contributed by atoms with Crippen molar-refractivity contribution in [1.82, 2.24) is 9.88 Å². The maximum Gasteiger partial charge on any atom is 0.335 e. The van der Waals surface area contributed by atoms with Gasteiger partial charge in [0, 0.05) is 28.7 Å². The molecule has 0 atom stereocenters. The van der Waals surface area contributed by atoms with Crippen molar-refractivity contribution in [3.05, 3.63) is 65.9 Å².